The molecule has 0 bridgehead atoms. The van der Waals surface area contributed by atoms with Crippen LogP contribution in [-0.2, 0) is 25.6 Å². The number of carboxylic acid groups (broad SMARTS) is 1. The number of likely N-dealkylation sites (tertiary alicyclic amines) is 1. The summed E-state index contributed by atoms with van der Waals surface area (Å²) in [7, 11) is 0. The van der Waals surface area contributed by atoms with Crippen LogP contribution in [0.1, 0.15) is 45.1 Å². The zero-order valence-corrected chi connectivity index (χ0v) is 21.6. The predicted molar refractivity (Wildman–Crippen MR) is 137 cm³/mol. The number of hydrogen-bond donors (Lipinski definition) is 4. The van der Waals surface area contributed by atoms with E-state index >= 15 is 0 Å². The number of carbonyl (C=O) groups excluding carboxylic acids is 3. The van der Waals surface area contributed by atoms with Gasteiger partial charge < -0.3 is 26.4 Å². The number of rotatable bonds is 13. The molecule has 0 aromatic heterocycles. The number of thioether (sulfide) groups is 1. The summed E-state index contributed by atoms with van der Waals surface area (Å²) in [5.41, 5.74) is 7.13. The lowest BCUT2D eigenvalue weighted by Gasteiger charge is -2.29. The van der Waals surface area contributed by atoms with Crippen molar-refractivity contribution in [2.24, 2.45) is 11.7 Å². The average molecular weight is 507 g/mol. The van der Waals surface area contributed by atoms with Gasteiger partial charge in [-0.05, 0) is 55.6 Å². The van der Waals surface area contributed by atoms with Crippen molar-refractivity contribution in [1.82, 2.24) is 15.5 Å². The van der Waals surface area contributed by atoms with Crippen molar-refractivity contribution in [3.8, 4) is 0 Å². The fourth-order valence-electron chi connectivity index (χ4n) is 4.21. The lowest BCUT2D eigenvalue weighted by molar-refractivity contribution is -0.143. The third-order valence-electron chi connectivity index (χ3n) is 6.02. The number of aliphatic carboxylic acids is 1. The molecule has 9 nitrogen and oxygen atoms in total. The van der Waals surface area contributed by atoms with Crippen molar-refractivity contribution in [2.75, 3.05) is 18.6 Å². The Bertz CT molecular complexity index is 867. The number of carboxylic acids is 1. The Labute approximate surface area is 211 Å². The second kappa shape index (κ2) is 14.1. The molecule has 0 aliphatic carbocycles. The number of benzene rings is 1. The Morgan fingerprint density at radius 1 is 1.14 bits per heavy atom. The quantitative estimate of drug-likeness (QED) is 0.317. The summed E-state index contributed by atoms with van der Waals surface area (Å²) in [5.74, 6) is -1.66. The van der Waals surface area contributed by atoms with E-state index in [9.17, 15) is 24.3 Å². The molecule has 1 aromatic rings. The fraction of sp³-hybridized carbons (Fsp3) is 0.600. The minimum Gasteiger partial charge on any atom is -0.480 e. The number of nitrogens with zero attached hydrogens (tertiary/aromatic N) is 1. The topological polar surface area (TPSA) is 142 Å². The van der Waals surface area contributed by atoms with Gasteiger partial charge in [0.1, 0.15) is 18.1 Å². The first-order valence-corrected chi connectivity index (χ1v) is 13.5. The van der Waals surface area contributed by atoms with Crippen LogP contribution in [0.3, 0.4) is 0 Å². The molecule has 1 fully saturated rings. The summed E-state index contributed by atoms with van der Waals surface area (Å²) in [6.07, 6.45) is 4.04. The minimum atomic E-state index is -1.11. The van der Waals surface area contributed by atoms with E-state index in [2.05, 4.69) is 10.6 Å². The molecule has 5 N–H and O–H groups in total. The van der Waals surface area contributed by atoms with Crippen LogP contribution in [0, 0.1) is 5.92 Å². The predicted octanol–water partition coefficient (Wildman–Crippen LogP) is 1.40. The van der Waals surface area contributed by atoms with Crippen LogP contribution in [-0.4, -0.2) is 76.4 Å². The molecule has 1 aliphatic heterocycles. The molecule has 1 heterocycles. The lowest BCUT2D eigenvalue weighted by Crippen LogP contribution is -2.57. The average Bonchev–Trinajstić information content (AvgIpc) is 3.31. The van der Waals surface area contributed by atoms with Gasteiger partial charge >= 0.3 is 5.97 Å². The Morgan fingerprint density at radius 3 is 2.43 bits per heavy atom. The van der Waals surface area contributed by atoms with Gasteiger partial charge in [0.15, 0.2) is 0 Å². The first-order chi connectivity index (χ1) is 16.6. The summed E-state index contributed by atoms with van der Waals surface area (Å²) in [6, 6.07) is 6.07. The zero-order chi connectivity index (χ0) is 26.0. The molecule has 0 saturated carbocycles. The normalized spacial score (nSPS) is 18.1. The Hall–Kier alpha value is -2.59. The maximum atomic E-state index is 13.2. The fourth-order valence-corrected chi connectivity index (χ4v) is 4.68. The highest BCUT2D eigenvalue weighted by molar-refractivity contribution is 7.98. The molecule has 2 rings (SSSR count). The van der Waals surface area contributed by atoms with Crippen LogP contribution < -0.4 is 16.4 Å². The smallest absolute Gasteiger partial charge is 0.326 e. The highest BCUT2D eigenvalue weighted by Crippen LogP contribution is 2.20. The molecule has 4 atom stereocenters. The van der Waals surface area contributed by atoms with Gasteiger partial charge in [-0.2, -0.15) is 11.8 Å². The summed E-state index contributed by atoms with van der Waals surface area (Å²) < 4.78 is 0. The van der Waals surface area contributed by atoms with Crippen molar-refractivity contribution < 1.29 is 24.3 Å². The van der Waals surface area contributed by atoms with Crippen LogP contribution in [0.25, 0.3) is 0 Å². The van der Waals surface area contributed by atoms with Crippen LogP contribution in [0.2, 0.25) is 0 Å². The molecule has 1 aromatic carbocycles. The summed E-state index contributed by atoms with van der Waals surface area (Å²) in [4.78, 5) is 52.2. The van der Waals surface area contributed by atoms with Crippen molar-refractivity contribution in [2.45, 2.75) is 70.1 Å². The van der Waals surface area contributed by atoms with Crippen molar-refractivity contribution >= 4 is 35.5 Å². The van der Waals surface area contributed by atoms with E-state index in [0.29, 0.717) is 38.0 Å². The summed E-state index contributed by atoms with van der Waals surface area (Å²) in [5, 5.41) is 14.8. The van der Waals surface area contributed by atoms with Gasteiger partial charge in [0.25, 0.3) is 0 Å². The van der Waals surface area contributed by atoms with Crippen LogP contribution >= 0.6 is 11.8 Å². The molecule has 3 amide bonds. The number of nitrogens with one attached hydrogen (secondary N) is 2. The van der Waals surface area contributed by atoms with Gasteiger partial charge in [-0.25, -0.2) is 4.79 Å². The Balaban J connectivity index is 2.06. The molecule has 1 saturated heterocycles. The Morgan fingerprint density at radius 2 is 1.83 bits per heavy atom. The maximum Gasteiger partial charge on any atom is 0.326 e. The standard InChI is InChI=1S/C25H38N4O5S/c1-16(2)14-20(25(33)34)28-22(30)19(11-13-35-3)27-23(31)21-10-7-12-29(21)24(32)18(26)15-17-8-5-4-6-9-17/h4-6,8-9,16,18-21H,7,10-15,26H2,1-3H3,(H,27,31)(H,28,30)(H,33,34). The highest BCUT2D eigenvalue weighted by Gasteiger charge is 2.38. The number of hydrogen-bond acceptors (Lipinski definition) is 6. The van der Waals surface area contributed by atoms with E-state index in [0.717, 1.165) is 5.56 Å². The Kier molecular flexibility index (Phi) is 11.5. The van der Waals surface area contributed by atoms with E-state index < -0.39 is 42.0 Å². The van der Waals surface area contributed by atoms with Gasteiger partial charge in [0.05, 0.1) is 6.04 Å². The molecular weight excluding hydrogens is 468 g/mol. The highest BCUT2D eigenvalue weighted by atomic mass is 32.2. The molecule has 0 radical (unpaired) electrons. The SMILES string of the molecule is CSCCC(NC(=O)C1CCCN1C(=O)C(N)Cc1ccccc1)C(=O)NC(CC(C)C)C(=O)O. The van der Waals surface area contributed by atoms with Gasteiger partial charge in [-0.3, -0.25) is 14.4 Å². The van der Waals surface area contributed by atoms with Crippen LogP contribution in [0.15, 0.2) is 30.3 Å². The van der Waals surface area contributed by atoms with E-state index in [-0.39, 0.29) is 18.2 Å². The maximum absolute atomic E-state index is 13.2. The largest absolute Gasteiger partial charge is 0.480 e. The molecule has 0 spiro atoms. The molecule has 35 heavy (non-hydrogen) atoms. The molecular formula is C25H38N4O5S. The van der Waals surface area contributed by atoms with E-state index in [4.69, 9.17) is 5.73 Å². The number of nitrogens with two attached hydrogens (primary N) is 1. The van der Waals surface area contributed by atoms with Crippen LogP contribution in [0.4, 0.5) is 0 Å². The van der Waals surface area contributed by atoms with E-state index in [1.165, 1.54) is 16.7 Å². The number of amides is 3. The van der Waals surface area contributed by atoms with Gasteiger partial charge in [0, 0.05) is 6.54 Å². The third kappa shape index (κ3) is 8.85. The minimum absolute atomic E-state index is 0.0776. The van der Waals surface area contributed by atoms with Crippen LogP contribution in [0.5, 0.6) is 0 Å². The zero-order valence-electron chi connectivity index (χ0n) is 20.7. The summed E-state index contributed by atoms with van der Waals surface area (Å²) in [6.45, 7) is 4.18. The van der Waals surface area contributed by atoms with Gasteiger partial charge in [0.2, 0.25) is 17.7 Å². The molecule has 194 valence electrons. The monoisotopic (exact) mass is 506 g/mol. The third-order valence-corrected chi connectivity index (χ3v) is 6.66. The van der Waals surface area contributed by atoms with E-state index in [1.807, 2.05) is 50.4 Å². The van der Waals surface area contributed by atoms with Crippen molar-refractivity contribution in [1.29, 1.82) is 0 Å². The van der Waals surface area contributed by atoms with Crippen molar-refractivity contribution in [3.05, 3.63) is 35.9 Å². The lowest BCUT2D eigenvalue weighted by atomic mass is 10.0. The second-order valence-corrected chi connectivity index (χ2v) is 10.3. The van der Waals surface area contributed by atoms with Gasteiger partial charge in [-0.15, -0.1) is 0 Å². The van der Waals surface area contributed by atoms with Crippen molar-refractivity contribution in [3.63, 3.8) is 0 Å². The number of carbonyl (C=O) groups is 4. The molecule has 1 aliphatic rings. The van der Waals surface area contributed by atoms with Gasteiger partial charge in [-0.1, -0.05) is 44.2 Å². The first kappa shape index (κ1) is 28.6. The first-order valence-electron chi connectivity index (χ1n) is 12.1. The molecule has 4 unspecified atom stereocenters. The molecule has 10 heteroatoms. The summed E-state index contributed by atoms with van der Waals surface area (Å²) >= 11 is 1.52. The van der Waals surface area contributed by atoms with E-state index in [1.54, 1.807) is 0 Å². The second-order valence-electron chi connectivity index (χ2n) is 9.36.